The number of anilines is 2. The van der Waals surface area contributed by atoms with E-state index in [2.05, 4.69) is 15.0 Å². The van der Waals surface area contributed by atoms with Crippen molar-refractivity contribution in [1.29, 1.82) is 0 Å². The highest BCUT2D eigenvalue weighted by Crippen LogP contribution is 2.30. The highest BCUT2D eigenvalue weighted by molar-refractivity contribution is 8.00. The third-order valence-electron chi connectivity index (χ3n) is 4.51. The van der Waals surface area contributed by atoms with Crippen LogP contribution in [0, 0.1) is 6.92 Å². The number of carbonyl (C=O) groups is 1. The van der Waals surface area contributed by atoms with Crippen LogP contribution in [0.5, 0.6) is 0 Å². The summed E-state index contributed by atoms with van der Waals surface area (Å²) < 4.78 is 29.7. The Bertz CT molecular complexity index is 1360. The van der Waals surface area contributed by atoms with Crippen molar-refractivity contribution in [1.82, 2.24) is 4.98 Å². The van der Waals surface area contributed by atoms with Gasteiger partial charge in [-0.25, -0.2) is 13.4 Å². The number of nitrogens with zero attached hydrogens (tertiary/aromatic N) is 1. The minimum Gasteiger partial charge on any atom is -0.322 e. The van der Waals surface area contributed by atoms with E-state index >= 15 is 0 Å². The Morgan fingerprint density at radius 3 is 2.52 bits per heavy atom. The molecular formula is C22H19N3O3S3. The molecule has 0 saturated heterocycles. The van der Waals surface area contributed by atoms with Gasteiger partial charge in [0, 0.05) is 16.9 Å². The van der Waals surface area contributed by atoms with E-state index in [1.165, 1.54) is 6.07 Å². The van der Waals surface area contributed by atoms with Crippen LogP contribution in [-0.2, 0) is 10.0 Å². The summed E-state index contributed by atoms with van der Waals surface area (Å²) in [4.78, 5) is 17.4. The fourth-order valence-corrected chi connectivity index (χ4v) is 5.51. The molecule has 31 heavy (non-hydrogen) atoms. The second-order valence-electron chi connectivity index (χ2n) is 6.82. The lowest BCUT2D eigenvalue weighted by Crippen LogP contribution is -2.15. The molecule has 0 aliphatic heterocycles. The number of thiazole rings is 1. The third kappa shape index (κ3) is 4.90. The molecule has 0 spiro atoms. The van der Waals surface area contributed by atoms with Gasteiger partial charge in [0.1, 0.15) is 0 Å². The van der Waals surface area contributed by atoms with Crippen molar-refractivity contribution in [3.05, 3.63) is 77.9 Å². The smallest absolute Gasteiger partial charge is 0.261 e. The number of hydrogen-bond acceptors (Lipinski definition) is 6. The highest BCUT2D eigenvalue weighted by Gasteiger charge is 2.15. The summed E-state index contributed by atoms with van der Waals surface area (Å²) in [5, 5.41) is 2.86. The number of carbonyl (C=O) groups excluding carboxylic acids is 1. The fraction of sp³-hybridized carbons (Fsp3) is 0.0909. The number of aromatic nitrogens is 1. The first-order valence-electron chi connectivity index (χ1n) is 9.29. The third-order valence-corrected chi connectivity index (χ3v) is 7.91. The average Bonchev–Trinajstić information content (AvgIpc) is 3.16. The minimum atomic E-state index is -3.75. The van der Waals surface area contributed by atoms with Crippen LogP contribution >= 0.6 is 23.1 Å². The maximum Gasteiger partial charge on any atom is 0.261 e. The van der Waals surface area contributed by atoms with Crippen LogP contribution in [0.3, 0.4) is 0 Å². The molecule has 9 heteroatoms. The van der Waals surface area contributed by atoms with Crippen molar-refractivity contribution >= 4 is 60.6 Å². The van der Waals surface area contributed by atoms with Gasteiger partial charge in [-0.3, -0.25) is 9.52 Å². The summed E-state index contributed by atoms with van der Waals surface area (Å²) in [6.45, 7) is 1.89. The summed E-state index contributed by atoms with van der Waals surface area (Å²) in [6.07, 6.45) is 1.97. The van der Waals surface area contributed by atoms with E-state index in [-0.39, 0.29) is 10.8 Å². The quantitative estimate of drug-likeness (QED) is 0.370. The molecule has 6 nitrogen and oxygen atoms in total. The number of amides is 1. The van der Waals surface area contributed by atoms with Gasteiger partial charge >= 0.3 is 0 Å². The zero-order chi connectivity index (χ0) is 22.0. The summed E-state index contributed by atoms with van der Waals surface area (Å²) in [5.74, 6) is -0.328. The SMILES string of the molecule is CSc1nc2ccc(NC(=O)c3cccc(NS(=O)(=O)c4ccc(C)cc4)c3)cc2s1. The number of hydrogen-bond donors (Lipinski definition) is 2. The molecule has 0 bridgehead atoms. The Labute approximate surface area is 188 Å². The number of benzene rings is 3. The van der Waals surface area contributed by atoms with Gasteiger partial charge in [0.25, 0.3) is 15.9 Å². The maximum absolute atomic E-state index is 12.7. The summed E-state index contributed by atoms with van der Waals surface area (Å²) in [7, 11) is -3.75. The van der Waals surface area contributed by atoms with E-state index in [0.29, 0.717) is 16.9 Å². The molecule has 1 heterocycles. The maximum atomic E-state index is 12.7. The molecule has 3 aromatic carbocycles. The standard InChI is InChI=1S/C22H19N3O3S3/c1-14-6-9-18(10-7-14)31(27,28)25-17-5-3-4-15(12-17)21(26)23-16-8-11-19-20(13-16)30-22(24-19)29-2/h3-13,25H,1-2H3,(H,23,26). The van der Waals surface area contributed by atoms with Crippen LogP contribution in [0.4, 0.5) is 11.4 Å². The number of rotatable bonds is 6. The molecule has 4 aromatic rings. The van der Waals surface area contributed by atoms with E-state index in [0.717, 1.165) is 20.1 Å². The summed E-state index contributed by atoms with van der Waals surface area (Å²) in [6, 6.07) is 18.5. The Morgan fingerprint density at radius 2 is 1.77 bits per heavy atom. The van der Waals surface area contributed by atoms with Crippen LogP contribution in [-0.4, -0.2) is 25.6 Å². The number of fused-ring (bicyclic) bond motifs is 1. The Balaban J connectivity index is 1.52. The molecule has 0 fully saturated rings. The fourth-order valence-electron chi connectivity index (χ4n) is 2.93. The lowest BCUT2D eigenvalue weighted by atomic mass is 10.2. The van der Waals surface area contributed by atoms with E-state index in [4.69, 9.17) is 0 Å². The van der Waals surface area contributed by atoms with Crippen LogP contribution in [0.2, 0.25) is 0 Å². The van der Waals surface area contributed by atoms with E-state index in [9.17, 15) is 13.2 Å². The zero-order valence-corrected chi connectivity index (χ0v) is 19.2. The van der Waals surface area contributed by atoms with Crippen LogP contribution in [0.15, 0.2) is 76.0 Å². The van der Waals surface area contributed by atoms with E-state index in [1.807, 2.05) is 25.3 Å². The zero-order valence-electron chi connectivity index (χ0n) is 16.7. The van der Waals surface area contributed by atoms with Crippen molar-refractivity contribution in [2.24, 2.45) is 0 Å². The predicted octanol–water partition coefficient (Wildman–Crippen LogP) is 5.38. The second kappa shape index (κ2) is 8.70. The van der Waals surface area contributed by atoms with Crippen molar-refractivity contribution in [2.75, 3.05) is 16.3 Å². The van der Waals surface area contributed by atoms with Gasteiger partial charge in [-0.05, 0) is 61.7 Å². The van der Waals surface area contributed by atoms with E-state index in [1.54, 1.807) is 71.6 Å². The van der Waals surface area contributed by atoms with Gasteiger partial charge in [0.2, 0.25) is 0 Å². The van der Waals surface area contributed by atoms with Gasteiger partial charge in [-0.15, -0.1) is 11.3 Å². The molecule has 0 atom stereocenters. The molecule has 0 unspecified atom stereocenters. The summed E-state index contributed by atoms with van der Waals surface area (Å²) >= 11 is 3.15. The first-order valence-corrected chi connectivity index (χ1v) is 12.8. The molecular weight excluding hydrogens is 450 g/mol. The van der Waals surface area contributed by atoms with Crippen molar-refractivity contribution < 1.29 is 13.2 Å². The molecule has 1 amide bonds. The van der Waals surface area contributed by atoms with Gasteiger partial charge in [-0.2, -0.15) is 0 Å². The van der Waals surface area contributed by atoms with E-state index < -0.39 is 10.0 Å². The Kier molecular flexibility index (Phi) is 5.99. The van der Waals surface area contributed by atoms with Crippen molar-refractivity contribution in [3.8, 4) is 0 Å². The monoisotopic (exact) mass is 469 g/mol. The molecule has 0 radical (unpaired) electrons. The number of aryl methyl sites for hydroxylation is 1. The normalized spacial score (nSPS) is 11.4. The lowest BCUT2D eigenvalue weighted by molar-refractivity contribution is 0.102. The molecule has 4 rings (SSSR count). The lowest BCUT2D eigenvalue weighted by Gasteiger charge is -2.10. The number of thioether (sulfide) groups is 1. The van der Waals surface area contributed by atoms with Gasteiger partial charge in [-0.1, -0.05) is 35.5 Å². The molecule has 0 aliphatic rings. The minimum absolute atomic E-state index is 0.162. The number of nitrogens with one attached hydrogen (secondary N) is 2. The Morgan fingerprint density at radius 1 is 1.00 bits per heavy atom. The molecule has 1 aromatic heterocycles. The van der Waals surface area contributed by atoms with Crippen molar-refractivity contribution in [3.63, 3.8) is 0 Å². The molecule has 158 valence electrons. The van der Waals surface area contributed by atoms with Gasteiger partial charge in [0.15, 0.2) is 4.34 Å². The molecule has 0 aliphatic carbocycles. The first-order chi connectivity index (χ1) is 14.8. The predicted molar refractivity (Wildman–Crippen MR) is 128 cm³/mol. The molecule has 2 N–H and O–H groups in total. The van der Waals surface area contributed by atoms with Gasteiger partial charge in [0.05, 0.1) is 15.1 Å². The Hall–Kier alpha value is -2.88. The first kappa shape index (κ1) is 21.4. The van der Waals surface area contributed by atoms with Crippen LogP contribution in [0.25, 0.3) is 10.2 Å². The van der Waals surface area contributed by atoms with Crippen LogP contribution < -0.4 is 10.0 Å². The average molecular weight is 470 g/mol. The van der Waals surface area contributed by atoms with Crippen LogP contribution in [0.1, 0.15) is 15.9 Å². The number of sulfonamides is 1. The molecule has 0 saturated carbocycles. The van der Waals surface area contributed by atoms with Crippen molar-refractivity contribution in [2.45, 2.75) is 16.2 Å². The van der Waals surface area contributed by atoms with Gasteiger partial charge < -0.3 is 5.32 Å². The summed E-state index contributed by atoms with van der Waals surface area (Å²) in [5.41, 5.74) is 3.17. The second-order valence-corrected chi connectivity index (χ2v) is 10.6. The highest BCUT2D eigenvalue weighted by atomic mass is 32.2. The topological polar surface area (TPSA) is 88.2 Å². The largest absolute Gasteiger partial charge is 0.322 e.